The molecule has 4 fully saturated rings. The number of ether oxygens (including phenoxy) is 2. The van der Waals surface area contributed by atoms with Crippen LogP contribution in [-0.2, 0) is 30.9 Å². The van der Waals surface area contributed by atoms with Gasteiger partial charge >= 0.3 is 0 Å². The number of piperidine rings is 2. The maximum atomic E-state index is 12.9. The highest BCUT2D eigenvalue weighted by Gasteiger charge is 2.65. The van der Waals surface area contributed by atoms with Crippen LogP contribution >= 0.6 is 15.9 Å². The summed E-state index contributed by atoms with van der Waals surface area (Å²) in [4.78, 5) is 2.40. The second-order valence-electron chi connectivity index (χ2n) is 15.6. The SMILES string of the molecule is CC1(c2cccc(NS(C)(=O)=O)c2)C2CN(CCOc3ccc(F)cc3)CC21.CC1(c2cccc(NS(C)(=O)=O)c2)C2CNCC21.Fc1ccc(OCCBr)cc1.[HH]. The smallest absolute Gasteiger partial charge is 0.229 e. The van der Waals surface area contributed by atoms with Gasteiger partial charge < -0.3 is 14.8 Å². The maximum Gasteiger partial charge on any atom is 0.229 e. The van der Waals surface area contributed by atoms with E-state index >= 15 is 0 Å². The number of anilines is 2. The highest BCUT2D eigenvalue weighted by atomic mass is 79.9. The molecule has 4 unspecified atom stereocenters. The minimum atomic E-state index is -3.27. The summed E-state index contributed by atoms with van der Waals surface area (Å²) in [5, 5.41) is 4.17. The Morgan fingerprint density at radius 3 is 1.54 bits per heavy atom. The van der Waals surface area contributed by atoms with Crippen LogP contribution in [0.1, 0.15) is 26.4 Å². The van der Waals surface area contributed by atoms with E-state index in [0.717, 1.165) is 38.1 Å². The molecule has 2 saturated heterocycles. The summed E-state index contributed by atoms with van der Waals surface area (Å²) in [6.07, 6.45) is 2.34. The van der Waals surface area contributed by atoms with E-state index in [1.54, 1.807) is 36.4 Å². The normalized spacial score (nSPS) is 25.7. The van der Waals surface area contributed by atoms with Crippen LogP contribution in [0.3, 0.4) is 0 Å². The molecule has 2 aliphatic heterocycles. The minimum absolute atomic E-state index is 0. The third-order valence-corrected chi connectivity index (χ3v) is 13.2. The summed E-state index contributed by atoms with van der Waals surface area (Å²) in [5.41, 5.74) is 4.04. The van der Waals surface area contributed by atoms with Crippen LogP contribution in [0.15, 0.2) is 97.1 Å². The van der Waals surface area contributed by atoms with Crippen LogP contribution in [-0.4, -0.2) is 85.5 Å². The topological polar surface area (TPSA) is 126 Å². The second-order valence-corrected chi connectivity index (χ2v) is 19.9. The molecule has 2 heterocycles. The molecule has 2 aliphatic carbocycles. The number of hydrogen-bond acceptors (Lipinski definition) is 8. The predicted molar refractivity (Wildman–Crippen MR) is 227 cm³/mol. The number of sulfonamides is 2. The number of halogens is 3. The molecule has 4 aromatic carbocycles. The quantitative estimate of drug-likeness (QED) is 0.122. The lowest BCUT2D eigenvalue weighted by Crippen LogP contribution is -2.32. The van der Waals surface area contributed by atoms with E-state index in [4.69, 9.17) is 9.47 Å². The van der Waals surface area contributed by atoms with Crippen LogP contribution in [0.4, 0.5) is 20.2 Å². The van der Waals surface area contributed by atoms with Crippen LogP contribution in [0.25, 0.3) is 0 Å². The van der Waals surface area contributed by atoms with Gasteiger partial charge in [-0.15, -0.1) is 0 Å². The van der Waals surface area contributed by atoms with E-state index in [1.807, 2.05) is 24.3 Å². The standard InChI is InChI=1S/C21H25FN2O3S.C13H18N2O2S.C8H8BrFO.H2/c1-21(15-4-3-5-17(12-15)23-28(2,25)26)19-13-24(14-20(19)21)10-11-27-18-8-6-16(22)7-9-18;1-13(11-7-14-8-12(11)13)9-4-3-5-10(6-9)15-18(2,16)17;9-5-6-11-8-3-1-7(10)2-4-8;/h3-9,12,19-20,23H,10-11,13-14H2,1-2H3;3-6,11-12,14-15H,7-8H2,1-2H3;1-4H,5-6H2;1H. The second kappa shape index (κ2) is 17.6. The molecule has 0 aromatic heterocycles. The fourth-order valence-corrected chi connectivity index (χ4v) is 9.85. The molecule has 8 rings (SSSR count). The molecule has 4 aliphatic rings. The summed E-state index contributed by atoms with van der Waals surface area (Å²) in [7, 11) is -6.47. The zero-order chi connectivity index (χ0) is 41.0. The van der Waals surface area contributed by atoms with Crippen LogP contribution in [0.5, 0.6) is 11.5 Å². The first-order valence-corrected chi connectivity index (χ1v) is 23.8. The minimum Gasteiger partial charge on any atom is -0.493 e. The van der Waals surface area contributed by atoms with Gasteiger partial charge in [0.1, 0.15) is 29.7 Å². The lowest BCUT2D eigenvalue weighted by Gasteiger charge is -2.24. The summed E-state index contributed by atoms with van der Waals surface area (Å²) < 4.78 is 86.8. The fraction of sp³-hybridized carbons (Fsp3) is 0.429. The number of nitrogens with zero attached hydrogens (tertiary/aromatic N) is 1. The summed E-state index contributed by atoms with van der Waals surface area (Å²) >= 11 is 3.22. The molecule has 0 spiro atoms. The van der Waals surface area contributed by atoms with Crippen molar-refractivity contribution in [3.63, 3.8) is 0 Å². The van der Waals surface area contributed by atoms with Crippen molar-refractivity contribution in [2.24, 2.45) is 23.7 Å². The van der Waals surface area contributed by atoms with Crippen molar-refractivity contribution in [1.82, 2.24) is 10.2 Å². The molecule has 4 atom stereocenters. The van der Waals surface area contributed by atoms with Crippen molar-refractivity contribution in [3.8, 4) is 11.5 Å². The molecule has 10 nitrogen and oxygen atoms in total. The molecule has 15 heteroatoms. The van der Waals surface area contributed by atoms with Crippen LogP contribution in [0.2, 0.25) is 0 Å². The lowest BCUT2D eigenvalue weighted by molar-refractivity contribution is 0.212. The lowest BCUT2D eigenvalue weighted by atomic mass is 9.92. The molecule has 2 saturated carbocycles. The van der Waals surface area contributed by atoms with E-state index < -0.39 is 20.0 Å². The third kappa shape index (κ3) is 10.8. The highest BCUT2D eigenvalue weighted by Crippen LogP contribution is 2.63. The van der Waals surface area contributed by atoms with E-state index in [2.05, 4.69) is 61.6 Å². The molecule has 3 N–H and O–H groups in total. The molecule has 310 valence electrons. The number of hydrogen-bond donors (Lipinski definition) is 3. The molecule has 57 heavy (non-hydrogen) atoms. The Morgan fingerprint density at radius 2 is 1.12 bits per heavy atom. The monoisotopic (exact) mass is 890 g/mol. The van der Waals surface area contributed by atoms with Crippen molar-refractivity contribution < 1.29 is 36.5 Å². The van der Waals surface area contributed by atoms with Crippen molar-refractivity contribution in [1.29, 1.82) is 0 Å². The Kier molecular flexibility index (Phi) is 13.2. The zero-order valence-corrected chi connectivity index (χ0v) is 35.8. The van der Waals surface area contributed by atoms with Crippen molar-refractivity contribution >= 4 is 47.4 Å². The van der Waals surface area contributed by atoms with Crippen molar-refractivity contribution in [2.45, 2.75) is 24.7 Å². The predicted octanol–water partition coefficient (Wildman–Crippen LogP) is 7.11. The molecule has 0 bridgehead atoms. The Bertz CT molecular complexity index is 2200. The summed E-state index contributed by atoms with van der Waals surface area (Å²) in [6, 6.07) is 27.6. The van der Waals surface area contributed by atoms with Crippen molar-refractivity contribution in [3.05, 3.63) is 120 Å². The number of fused-ring (bicyclic) bond motifs is 2. The van der Waals surface area contributed by atoms with Gasteiger partial charge in [0.25, 0.3) is 0 Å². The molecule has 0 radical (unpaired) electrons. The van der Waals surface area contributed by atoms with E-state index in [1.165, 1.54) is 47.9 Å². The zero-order valence-electron chi connectivity index (χ0n) is 32.6. The van der Waals surface area contributed by atoms with Gasteiger partial charge in [0.15, 0.2) is 0 Å². The Balaban J connectivity index is 0.000000183. The van der Waals surface area contributed by atoms with Crippen molar-refractivity contribution in [2.75, 3.05) is 73.2 Å². The first-order chi connectivity index (χ1) is 27.0. The molecule has 0 amide bonds. The van der Waals surface area contributed by atoms with Gasteiger partial charge in [-0.1, -0.05) is 54.0 Å². The Hall–Kier alpha value is -3.76. The largest absolute Gasteiger partial charge is 0.493 e. The van der Waals surface area contributed by atoms with E-state index in [9.17, 15) is 25.6 Å². The summed E-state index contributed by atoms with van der Waals surface area (Å²) in [5.74, 6) is 3.44. The van der Waals surface area contributed by atoms with Gasteiger partial charge in [-0.05, 0) is 121 Å². The number of benzene rings is 4. The number of nitrogens with one attached hydrogen (secondary N) is 3. The van der Waals surface area contributed by atoms with Gasteiger partial charge in [-0.2, -0.15) is 0 Å². The van der Waals surface area contributed by atoms with Gasteiger partial charge in [-0.3, -0.25) is 14.3 Å². The van der Waals surface area contributed by atoms with Crippen LogP contribution < -0.4 is 24.2 Å². The third-order valence-electron chi connectivity index (χ3n) is 11.7. The van der Waals surface area contributed by atoms with Crippen LogP contribution in [0, 0.1) is 35.3 Å². The van der Waals surface area contributed by atoms with Gasteiger partial charge in [0.2, 0.25) is 20.0 Å². The first kappa shape index (κ1) is 42.8. The first-order valence-electron chi connectivity index (χ1n) is 18.9. The Labute approximate surface area is 345 Å². The number of likely N-dealkylation sites (tertiary alicyclic amines) is 1. The highest BCUT2D eigenvalue weighted by molar-refractivity contribution is 9.09. The fourth-order valence-electron chi connectivity index (χ4n) is 8.58. The molecular formula is C42H53BrF2N4O6S2. The van der Waals surface area contributed by atoms with Gasteiger partial charge in [-0.25, -0.2) is 25.6 Å². The maximum absolute atomic E-state index is 12.9. The number of rotatable bonds is 13. The number of alkyl halides is 1. The van der Waals surface area contributed by atoms with Gasteiger partial charge in [0.05, 0.1) is 19.1 Å². The van der Waals surface area contributed by atoms with E-state index in [0.29, 0.717) is 59.8 Å². The Morgan fingerprint density at radius 1 is 0.702 bits per heavy atom. The molecular weight excluding hydrogens is 839 g/mol. The van der Waals surface area contributed by atoms with Gasteiger partial charge in [0, 0.05) is 48.6 Å². The van der Waals surface area contributed by atoms with E-state index in [-0.39, 0.29) is 23.9 Å². The summed E-state index contributed by atoms with van der Waals surface area (Å²) in [6.45, 7) is 10.7. The molecule has 4 aromatic rings. The average Bonchev–Trinajstić information content (AvgIpc) is 3.61. The average molecular weight is 892 g/mol.